The van der Waals surface area contributed by atoms with Crippen molar-refractivity contribution in [3.8, 4) is 0 Å². The molecule has 3 heteroatoms. The lowest BCUT2D eigenvalue weighted by Gasteiger charge is -2.04. The smallest absolute Gasteiger partial charge is 0.213 e. The fraction of sp³-hybridized carbons (Fsp3) is 0.0714. The van der Waals surface area contributed by atoms with E-state index in [1.807, 2.05) is 54.9 Å². The third-order valence-corrected chi connectivity index (χ3v) is 2.94. The average molecular weight is 225 g/mol. The highest BCUT2D eigenvalue weighted by Crippen LogP contribution is 2.26. The Bertz CT molecular complexity index is 631. The van der Waals surface area contributed by atoms with Crippen LogP contribution in [0, 0.1) is 0 Å². The second-order valence-corrected chi connectivity index (χ2v) is 4.01. The van der Waals surface area contributed by atoms with Crippen LogP contribution in [0.15, 0.2) is 54.9 Å². The number of aliphatic hydroxyl groups is 1. The molecule has 1 unspecified atom stereocenters. The van der Waals surface area contributed by atoms with Gasteiger partial charge < -0.3 is 10.1 Å². The van der Waals surface area contributed by atoms with Crippen molar-refractivity contribution in [3.63, 3.8) is 0 Å². The molecule has 0 fully saturated rings. The number of benzene rings is 1. The molecule has 0 saturated heterocycles. The Kier molecular flexibility index (Phi) is 2.38. The molecule has 2 heterocycles. The fourth-order valence-corrected chi connectivity index (χ4v) is 2.07. The van der Waals surface area contributed by atoms with E-state index in [4.69, 9.17) is 0 Å². The van der Waals surface area contributed by atoms with E-state index in [2.05, 4.69) is 9.97 Å². The standard InChI is InChI=1S/C14H12N2O/c17-14(13-7-3-4-8-15-13)11-9-16-12-6-2-1-5-10(11)12/h1-9,14,16-17H/p+1. The second kappa shape index (κ2) is 4.03. The number of para-hydroxylation sites is 1. The molecule has 0 spiro atoms. The number of hydrogen-bond acceptors (Lipinski definition) is 1. The molecule has 2 aromatic heterocycles. The molecule has 0 aliphatic heterocycles. The lowest BCUT2D eigenvalue weighted by atomic mass is 10.1. The molecule has 1 aromatic carbocycles. The Hall–Kier alpha value is -2.13. The third-order valence-electron chi connectivity index (χ3n) is 2.94. The van der Waals surface area contributed by atoms with Gasteiger partial charge in [0.05, 0.1) is 0 Å². The molecule has 0 radical (unpaired) electrons. The monoisotopic (exact) mass is 225 g/mol. The highest BCUT2D eigenvalue weighted by atomic mass is 16.3. The first-order chi connectivity index (χ1) is 8.36. The van der Waals surface area contributed by atoms with Gasteiger partial charge in [0.2, 0.25) is 5.69 Å². The number of hydrogen-bond donors (Lipinski definition) is 2. The molecule has 3 rings (SSSR count). The van der Waals surface area contributed by atoms with Crippen molar-refractivity contribution in [3.05, 3.63) is 66.1 Å². The van der Waals surface area contributed by atoms with Crippen molar-refractivity contribution in [2.75, 3.05) is 0 Å². The van der Waals surface area contributed by atoms with Crippen molar-refractivity contribution in [2.24, 2.45) is 0 Å². The Morgan fingerprint density at radius 2 is 1.88 bits per heavy atom. The van der Waals surface area contributed by atoms with Gasteiger partial charge in [-0.05, 0) is 12.1 Å². The van der Waals surface area contributed by atoms with Gasteiger partial charge in [-0.15, -0.1) is 0 Å². The summed E-state index contributed by atoms with van der Waals surface area (Å²) in [5.41, 5.74) is 2.72. The molecule has 0 saturated carbocycles. The minimum Gasteiger partial charge on any atom is -0.377 e. The van der Waals surface area contributed by atoms with E-state index in [1.165, 1.54) is 0 Å². The molecule has 0 bridgehead atoms. The summed E-state index contributed by atoms with van der Waals surface area (Å²) in [7, 11) is 0. The van der Waals surface area contributed by atoms with Crippen LogP contribution in [0.25, 0.3) is 10.9 Å². The first kappa shape index (κ1) is 10.1. The van der Waals surface area contributed by atoms with Gasteiger partial charge >= 0.3 is 0 Å². The number of aromatic nitrogens is 2. The number of nitrogens with one attached hydrogen (secondary N) is 2. The summed E-state index contributed by atoms with van der Waals surface area (Å²) in [6, 6.07) is 13.6. The van der Waals surface area contributed by atoms with Crippen molar-refractivity contribution >= 4 is 10.9 Å². The van der Waals surface area contributed by atoms with E-state index in [9.17, 15) is 5.11 Å². The number of aliphatic hydroxyl groups excluding tert-OH is 1. The highest BCUT2D eigenvalue weighted by molar-refractivity contribution is 5.83. The minimum atomic E-state index is -0.632. The molecule has 3 N–H and O–H groups in total. The normalized spacial score (nSPS) is 12.8. The number of aromatic amines is 2. The van der Waals surface area contributed by atoms with Crippen LogP contribution >= 0.6 is 0 Å². The van der Waals surface area contributed by atoms with Crippen LogP contribution in [0.3, 0.4) is 0 Å². The van der Waals surface area contributed by atoms with Crippen molar-refractivity contribution in [1.29, 1.82) is 0 Å². The van der Waals surface area contributed by atoms with Crippen LogP contribution < -0.4 is 4.98 Å². The topological polar surface area (TPSA) is 50.2 Å². The first-order valence-electron chi connectivity index (χ1n) is 5.57. The van der Waals surface area contributed by atoms with E-state index in [0.717, 1.165) is 22.2 Å². The number of fused-ring (bicyclic) bond motifs is 1. The van der Waals surface area contributed by atoms with Gasteiger partial charge in [-0.1, -0.05) is 18.2 Å². The van der Waals surface area contributed by atoms with E-state index in [-0.39, 0.29) is 0 Å². The zero-order valence-electron chi connectivity index (χ0n) is 9.22. The quantitative estimate of drug-likeness (QED) is 0.689. The number of rotatable bonds is 2. The van der Waals surface area contributed by atoms with Crippen LogP contribution in [-0.4, -0.2) is 10.1 Å². The first-order valence-corrected chi connectivity index (χ1v) is 5.57. The number of pyridine rings is 1. The van der Waals surface area contributed by atoms with Crippen molar-refractivity contribution in [1.82, 2.24) is 4.98 Å². The van der Waals surface area contributed by atoms with Gasteiger partial charge in [-0.3, -0.25) is 0 Å². The lowest BCUT2D eigenvalue weighted by Crippen LogP contribution is -2.14. The molecule has 0 aliphatic rings. The van der Waals surface area contributed by atoms with Crippen LogP contribution in [0.2, 0.25) is 0 Å². The number of H-pyrrole nitrogens is 2. The van der Waals surface area contributed by atoms with Crippen molar-refractivity contribution < 1.29 is 10.1 Å². The Morgan fingerprint density at radius 3 is 2.71 bits per heavy atom. The van der Waals surface area contributed by atoms with Crippen LogP contribution in [0.4, 0.5) is 0 Å². The van der Waals surface area contributed by atoms with E-state index in [1.54, 1.807) is 0 Å². The van der Waals surface area contributed by atoms with Crippen molar-refractivity contribution in [2.45, 2.75) is 6.10 Å². The molecular weight excluding hydrogens is 212 g/mol. The molecular formula is C14H13N2O+. The average Bonchev–Trinajstić information content (AvgIpc) is 2.83. The van der Waals surface area contributed by atoms with Gasteiger partial charge in [0.25, 0.3) is 0 Å². The fourth-order valence-electron chi connectivity index (χ4n) is 2.07. The summed E-state index contributed by atoms with van der Waals surface area (Å²) < 4.78 is 0. The zero-order valence-corrected chi connectivity index (χ0v) is 9.22. The van der Waals surface area contributed by atoms with Gasteiger partial charge in [-0.25, -0.2) is 4.98 Å². The minimum absolute atomic E-state index is 0.632. The summed E-state index contributed by atoms with van der Waals surface area (Å²) in [5.74, 6) is 0. The maximum Gasteiger partial charge on any atom is 0.213 e. The van der Waals surface area contributed by atoms with E-state index < -0.39 is 6.10 Å². The highest BCUT2D eigenvalue weighted by Gasteiger charge is 2.19. The summed E-state index contributed by atoms with van der Waals surface area (Å²) in [6.45, 7) is 0. The molecule has 17 heavy (non-hydrogen) atoms. The van der Waals surface area contributed by atoms with Crippen LogP contribution in [-0.2, 0) is 0 Å². The summed E-state index contributed by atoms with van der Waals surface area (Å²) in [4.78, 5) is 6.22. The van der Waals surface area contributed by atoms with E-state index >= 15 is 0 Å². The summed E-state index contributed by atoms with van der Waals surface area (Å²) in [5, 5.41) is 11.4. The van der Waals surface area contributed by atoms with Gasteiger partial charge in [0.1, 0.15) is 0 Å². The zero-order chi connectivity index (χ0) is 11.7. The second-order valence-electron chi connectivity index (χ2n) is 4.01. The Morgan fingerprint density at radius 1 is 1.06 bits per heavy atom. The largest absolute Gasteiger partial charge is 0.377 e. The molecule has 0 aliphatic carbocycles. The van der Waals surface area contributed by atoms with Gasteiger partial charge in [-0.2, -0.15) is 0 Å². The van der Waals surface area contributed by atoms with Gasteiger partial charge in [0.15, 0.2) is 12.3 Å². The third kappa shape index (κ3) is 1.70. The molecule has 0 amide bonds. The predicted molar refractivity (Wildman–Crippen MR) is 65.4 cm³/mol. The Balaban J connectivity index is 2.10. The van der Waals surface area contributed by atoms with Crippen LogP contribution in [0.5, 0.6) is 0 Å². The molecule has 84 valence electrons. The van der Waals surface area contributed by atoms with E-state index in [0.29, 0.717) is 0 Å². The SMILES string of the molecule is OC(c1cccc[nH+]1)c1c[nH]c2ccccc12. The molecule has 3 aromatic rings. The summed E-state index contributed by atoms with van der Waals surface area (Å²) >= 11 is 0. The van der Waals surface area contributed by atoms with Gasteiger partial charge in [0, 0.05) is 34.8 Å². The molecule has 1 atom stereocenters. The maximum atomic E-state index is 10.3. The lowest BCUT2D eigenvalue weighted by molar-refractivity contribution is -0.397. The predicted octanol–water partition coefficient (Wildman–Crippen LogP) is 2.06. The molecule has 3 nitrogen and oxygen atoms in total. The van der Waals surface area contributed by atoms with Crippen LogP contribution in [0.1, 0.15) is 17.4 Å². The summed E-state index contributed by atoms with van der Waals surface area (Å²) in [6.07, 6.45) is 3.04. The maximum absolute atomic E-state index is 10.3. The Labute approximate surface area is 98.8 Å².